The number of rotatable bonds is 2. The zero-order valence-corrected chi connectivity index (χ0v) is 9.55. The van der Waals surface area contributed by atoms with E-state index >= 15 is 0 Å². The van der Waals surface area contributed by atoms with Crippen molar-refractivity contribution in [1.29, 1.82) is 0 Å². The average Bonchev–Trinajstić information content (AvgIpc) is 2.68. The number of aryl methyl sites for hydroxylation is 1. The SMILES string of the molecule is COc1cc(Cl)c(C)c2cc(C(=O)O)[nH]c12. The number of aromatic nitrogens is 1. The molecule has 84 valence electrons. The van der Waals surface area contributed by atoms with Crippen LogP contribution in [0.15, 0.2) is 12.1 Å². The first-order chi connectivity index (χ1) is 7.54. The molecule has 0 spiro atoms. The molecule has 0 amide bonds. The van der Waals surface area contributed by atoms with Crippen molar-refractivity contribution in [2.75, 3.05) is 7.11 Å². The Hall–Kier alpha value is -1.68. The predicted octanol–water partition coefficient (Wildman–Crippen LogP) is 2.84. The lowest BCUT2D eigenvalue weighted by molar-refractivity contribution is 0.0691. The van der Waals surface area contributed by atoms with Crippen molar-refractivity contribution in [1.82, 2.24) is 4.98 Å². The van der Waals surface area contributed by atoms with Crippen LogP contribution in [0.1, 0.15) is 16.1 Å². The summed E-state index contributed by atoms with van der Waals surface area (Å²) in [5.41, 5.74) is 1.61. The zero-order valence-electron chi connectivity index (χ0n) is 8.80. The highest BCUT2D eigenvalue weighted by atomic mass is 35.5. The van der Waals surface area contributed by atoms with E-state index < -0.39 is 5.97 Å². The number of fused-ring (bicyclic) bond motifs is 1. The molecule has 0 aliphatic heterocycles. The van der Waals surface area contributed by atoms with Gasteiger partial charge in [0.2, 0.25) is 0 Å². The van der Waals surface area contributed by atoms with Crippen LogP contribution in [-0.4, -0.2) is 23.2 Å². The number of benzene rings is 1. The molecule has 0 saturated heterocycles. The van der Waals surface area contributed by atoms with Crippen LogP contribution in [0.25, 0.3) is 10.9 Å². The maximum absolute atomic E-state index is 10.9. The molecule has 0 aliphatic rings. The van der Waals surface area contributed by atoms with Gasteiger partial charge in [0, 0.05) is 16.5 Å². The second-order valence-electron chi connectivity index (χ2n) is 3.46. The maximum Gasteiger partial charge on any atom is 0.352 e. The number of hydrogen-bond acceptors (Lipinski definition) is 2. The molecule has 0 saturated carbocycles. The average molecular weight is 240 g/mol. The van der Waals surface area contributed by atoms with E-state index in [1.807, 2.05) is 6.92 Å². The molecule has 4 nitrogen and oxygen atoms in total. The molecule has 2 N–H and O–H groups in total. The number of halogens is 1. The van der Waals surface area contributed by atoms with Crippen LogP contribution in [0.3, 0.4) is 0 Å². The number of carbonyl (C=O) groups is 1. The molecule has 1 heterocycles. The third-order valence-electron chi connectivity index (χ3n) is 2.53. The molecule has 16 heavy (non-hydrogen) atoms. The van der Waals surface area contributed by atoms with Crippen LogP contribution in [-0.2, 0) is 0 Å². The van der Waals surface area contributed by atoms with Crippen molar-refractivity contribution in [3.05, 3.63) is 28.4 Å². The highest BCUT2D eigenvalue weighted by Gasteiger charge is 2.14. The van der Waals surface area contributed by atoms with E-state index in [2.05, 4.69) is 4.98 Å². The number of ether oxygens (including phenoxy) is 1. The highest BCUT2D eigenvalue weighted by molar-refractivity contribution is 6.32. The largest absolute Gasteiger partial charge is 0.495 e. The first-order valence-corrected chi connectivity index (χ1v) is 5.01. The van der Waals surface area contributed by atoms with Crippen LogP contribution < -0.4 is 4.74 Å². The van der Waals surface area contributed by atoms with Crippen molar-refractivity contribution < 1.29 is 14.6 Å². The van der Waals surface area contributed by atoms with Gasteiger partial charge in [-0.2, -0.15) is 0 Å². The number of aromatic amines is 1. The van der Waals surface area contributed by atoms with Crippen LogP contribution in [0.5, 0.6) is 5.75 Å². The number of methoxy groups -OCH3 is 1. The Labute approximate surface area is 96.8 Å². The summed E-state index contributed by atoms with van der Waals surface area (Å²) in [4.78, 5) is 13.7. The van der Waals surface area contributed by atoms with Gasteiger partial charge in [-0.1, -0.05) is 11.6 Å². The molecule has 0 radical (unpaired) electrons. The first-order valence-electron chi connectivity index (χ1n) is 4.63. The number of hydrogen-bond donors (Lipinski definition) is 2. The molecular formula is C11H10ClNO3. The van der Waals surface area contributed by atoms with Crippen LogP contribution in [0.4, 0.5) is 0 Å². The van der Waals surface area contributed by atoms with Gasteiger partial charge < -0.3 is 14.8 Å². The summed E-state index contributed by atoms with van der Waals surface area (Å²) < 4.78 is 5.15. The lowest BCUT2D eigenvalue weighted by atomic mass is 10.1. The minimum atomic E-state index is -1.01. The Kier molecular flexibility index (Phi) is 2.52. The molecule has 0 unspecified atom stereocenters. The second-order valence-corrected chi connectivity index (χ2v) is 3.87. The summed E-state index contributed by atoms with van der Waals surface area (Å²) in [7, 11) is 1.52. The van der Waals surface area contributed by atoms with Gasteiger partial charge in [-0.15, -0.1) is 0 Å². The molecule has 5 heteroatoms. The summed E-state index contributed by atoms with van der Waals surface area (Å²) in [6, 6.07) is 3.22. The summed E-state index contributed by atoms with van der Waals surface area (Å²) >= 11 is 6.02. The van der Waals surface area contributed by atoms with E-state index in [-0.39, 0.29) is 5.69 Å². The minimum absolute atomic E-state index is 0.124. The Balaban J connectivity index is 2.83. The lowest BCUT2D eigenvalue weighted by Gasteiger charge is -2.05. The Morgan fingerprint density at radius 3 is 2.75 bits per heavy atom. The maximum atomic E-state index is 10.9. The van der Waals surface area contributed by atoms with Crippen LogP contribution in [0.2, 0.25) is 5.02 Å². The van der Waals surface area contributed by atoms with Crippen molar-refractivity contribution in [2.24, 2.45) is 0 Å². The predicted molar refractivity (Wildman–Crippen MR) is 61.6 cm³/mol. The minimum Gasteiger partial charge on any atom is -0.495 e. The number of nitrogens with one attached hydrogen (secondary N) is 1. The van der Waals surface area contributed by atoms with Gasteiger partial charge >= 0.3 is 5.97 Å². The lowest BCUT2D eigenvalue weighted by Crippen LogP contribution is -1.95. The number of carboxylic acids is 1. The van der Waals surface area contributed by atoms with E-state index in [1.54, 1.807) is 12.1 Å². The quantitative estimate of drug-likeness (QED) is 0.847. The fourth-order valence-corrected chi connectivity index (χ4v) is 1.85. The normalized spacial score (nSPS) is 10.7. The molecular weight excluding hydrogens is 230 g/mol. The zero-order chi connectivity index (χ0) is 11.9. The molecule has 1 aromatic heterocycles. The molecule has 0 aliphatic carbocycles. The second kappa shape index (κ2) is 3.72. The Bertz CT molecular complexity index is 574. The smallest absolute Gasteiger partial charge is 0.352 e. The van der Waals surface area contributed by atoms with Crippen molar-refractivity contribution in [2.45, 2.75) is 6.92 Å². The van der Waals surface area contributed by atoms with E-state index in [4.69, 9.17) is 21.4 Å². The Morgan fingerprint density at radius 1 is 1.50 bits per heavy atom. The van der Waals surface area contributed by atoms with Crippen molar-refractivity contribution in [3.8, 4) is 5.75 Å². The molecule has 2 rings (SSSR count). The number of H-pyrrole nitrogens is 1. The van der Waals surface area contributed by atoms with Gasteiger partial charge in [0.25, 0.3) is 0 Å². The fraction of sp³-hybridized carbons (Fsp3) is 0.182. The van der Waals surface area contributed by atoms with Gasteiger partial charge in [0.1, 0.15) is 11.4 Å². The summed E-state index contributed by atoms with van der Waals surface area (Å²) in [6.07, 6.45) is 0. The number of aromatic carboxylic acids is 1. The summed E-state index contributed by atoms with van der Waals surface area (Å²) in [6.45, 7) is 1.84. The van der Waals surface area contributed by atoms with Gasteiger partial charge in [-0.25, -0.2) is 4.79 Å². The highest BCUT2D eigenvalue weighted by Crippen LogP contribution is 2.33. The van der Waals surface area contributed by atoms with Gasteiger partial charge in [-0.3, -0.25) is 0 Å². The summed E-state index contributed by atoms with van der Waals surface area (Å²) in [5.74, 6) is -0.466. The van der Waals surface area contributed by atoms with E-state index in [0.717, 1.165) is 10.9 Å². The molecule has 0 atom stereocenters. The van der Waals surface area contributed by atoms with Crippen molar-refractivity contribution in [3.63, 3.8) is 0 Å². The third-order valence-corrected chi connectivity index (χ3v) is 2.93. The topological polar surface area (TPSA) is 62.3 Å². The fourth-order valence-electron chi connectivity index (χ4n) is 1.65. The molecule has 0 bridgehead atoms. The van der Waals surface area contributed by atoms with Gasteiger partial charge in [0.15, 0.2) is 0 Å². The van der Waals surface area contributed by atoms with Crippen LogP contribution in [0, 0.1) is 6.92 Å². The van der Waals surface area contributed by atoms with E-state index in [9.17, 15) is 4.79 Å². The molecule has 2 aromatic rings. The Morgan fingerprint density at radius 2 is 2.19 bits per heavy atom. The van der Waals surface area contributed by atoms with Gasteiger partial charge in [0.05, 0.1) is 12.6 Å². The third kappa shape index (κ3) is 1.51. The number of carboxylic acid groups (broad SMARTS) is 1. The van der Waals surface area contributed by atoms with Crippen molar-refractivity contribution >= 4 is 28.5 Å². The molecule has 1 aromatic carbocycles. The summed E-state index contributed by atoms with van der Waals surface area (Å²) in [5, 5.41) is 10.2. The van der Waals surface area contributed by atoms with E-state index in [0.29, 0.717) is 16.3 Å². The molecule has 0 fully saturated rings. The van der Waals surface area contributed by atoms with Gasteiger partial charge in [-0.05, 0) is 18.6 Å². The first kappa shape index (κ1) is 10.8. The standard InChI is InChI=1S/C11H10ClNO3/c1-5-6-3-8(11(14)15)13-10(6)9(16-2)4-7(5)12/h3-4,13H,1-2H3,(H,14,15). The van der Waals surface area contributed by atoms with Crippen LogP contribution >= 0.6 is 11.6 Å². The monoisotopic (exact) mass is 239 g/mol. The van der Waals surface area contributed by atoms with E-state index in [1.165, 1.54) is 7.11 Å².